The second kappa shape index (κ2) is 6.18. The molecule has 2 nitrogen and oxygen atoms in total. The van der Waals surface area contributed by atoms with Crippen LogP contribution in [-0.2, 0) is 4.74 Å². The van der Waals surface area contributed by atoms with Gasteiger partial charge in [0.15, 0.2) is 0 Å². The van der Waals surface area contributed by atoms with E-state index in [0.29, 0.717) is 5.92 Å². The summed E-state index contributed by atoms with van der Waals surface area (Å²) in [4.78, 5) is 0. The van der Waals surface area contributed by atoms with Crippen LogP contribution in [0.15, 0.2) is 30.3 Å². The summed E-state index contributed by atoms with van der Waals surface area (Å²) >= 11 is 0. The minimum absolute atomic E-state index is 0.181. The predicted molar refractivity (Wildman–Crippen MR) is 68.8 cm³/mol. The van der Waals surface area contributed by atoms with Gasteiger partial charge in [-0.3, -0.25) is 0 Å². The summed E-state index contributed by atoms with van der Waals surface area (Å²) in [7, 11) is 1.68. The van der Waals surface area contributed by atoms with Gasteiger partial charge in [0.1, 0.15) is 6.10 Å². The fourth-order valence-electron chi connectivity index (χ4n) is 2.84. The molecule has 0 unspecified atom stereocenters. The smallest absolute Gasteiger partial charge is 0.108 e. The Labute approximate surface area is 104 Å². The number of hydrogen-bond acceptors (Lipinski definition) is 2. The molecular formula is C15H22O2. The third-order valence-electron chi connectivity index (χ3n) is 3.83. The van der Waals surface area contributed by atoms with Gasteiger partial charge in [0.2, 0.25) is 0 Å². The Morgan fingerprint density at radius 3 is 2.35 bits per heavy atom. The third kappa shape index (κ3) is 3.08. The molecule has 0 amide bonds. The number of rotatable bonds is 4. The van der Waals surface area contributed by atoms with E-state index in [1.807, 2.05) is 30.3 Å². The van der Waals surface area contributed by atoms with Crippen LogP contribution in [0, 0.1) is 5.92 Å². The second-order valence-electron chi connectivity index (χ2n) is 4.96. The van der Waals surface area contributed by atoms with E-state index in [2.05, 4.69) is 0 Å². The Kier molecular flexibility index (Phi) is 4.57. The molecular weight excluding hydrogens is 212 g/mol. The average Bonchev–Trinajstić information content (AvgIpc) is 2.42. The van der Waals surface area contributed by atoms with Gasteiger partial charge in [-0.05, 0) is 24.3 Å². The Balaban J connectivity index is 2.07. The first kappa shape index (κ1) is 12.6. The number of methoxy groups -OCH3 is 1. The molecule has 0 heterocycles. The zero-order valence-electron chi connectivity index (χ0n) is 10.5. The van der Waals surface area contributed by atoms with Crippen LogP contribution in [-0.4, -0.2) is 18.3 Å². The summed E-state index contributed by atoms with van der Waals surface area (Å²) in [6.07, 6.45) is 5.51. The third-order valence-corrected chi connectivity index (χ3v) is 3.83. The Hall–Kier alpha value is -0.860. The van der Waals surface area contributed by atoms with Crippen molar-refractivity contribution in [1.82, 2.24) is 0 Å². The van der Waals surface area contributed by atoms with E-state index in [1.54, 1.807) is 7.11 Å². The number of benzene rings is 1. The first-order chi connectivity index (χ1) is 8.33. The van der Waals surface area contributed by atoms with Gasteiger partial charge in [0.25, 0.3) is 0 Å². The molecule has 2 rings (SSSR count). The molecule has 0 saturated heterocycles. The van der Waals surface area contributed by atoms with Crippen LogP contribution in [0.2, 0.25) is 0 Å². The quantitative estimate of drug-likeness (QED) is 0.866. The van der Waals surface area contributed by atoms with E-state index in [1.165, 1.54) is 19.3 Å². The van der Waals surface area contributed by atoms with Gasteiger partial charge in [-0.25, -0.2) is 0 Å². The SMILES string of the molecule is CO[C@H](c1ccccc1)[C@H](O)C1CCCCC1. The van der Waals surface area contributed by atoms with Crippen LogP contribution in [0.5, 0.6) is 0 Å². The van der Waals surface area contributed by atoms with Gasteiger partial charge in [-0.2, -0.15) is 0 Å². The molecule has 0 radical (unpaired) electrons. The normalized spacial score (nSPS) is 21.1. The minimum Gasteiger partial charge on any atom is -0.390 e. The van der Waals surface area contributed by atoms with Crippen LogP contribution in [0.4, 0.5) is 0 Å². The van der Waals surface area contributed by atoms with Crippen molar-refractivity contribution in [3.05, 3.63) is 35.9 Å². The highest BCUT2D eigenvalue weighted by atomic mass is 16.5. The summed E-state index contributed by atoms with van der Waals surface area (Å²) in [6.45, 7) is 0. The highest BCUT2D eigenvalue weighted by Crippen LogP contribution is 2.33. The number of hydrogen-bond donors (Lipinski definition) is 1. The number of ether oxygens (including phenoxy) is 1. The lowest BCUT2D eigenvalue weighted by Crippen LogP contribution is -2.30. The predicted octanol–water partition coefficient (Wildman–Crippen LogP) is 3.32. The molecule has 1 N–H and O–H groups in total. The summed E-state index contributed by atoms with van der Waals surface area (Å²) in [5.74, 6) is 0.397. The molecule has 1 fully saturated rings. The molecule has 1 aliphatic rings. The lowest BCUT2D eigenvalue weighted by atomic mass is 9.82. The fourth-order valence-corrected chi connectivity index (χ4v) is 2.84. The van der Waals surface area contributed by atoms with E-state index in [9.17, 15) is 5.11 Å². The molecule has 1 aliphatic carbocycles. The highest BCUT2D eigenvalue weighted by molar-refractivity contribution is 5.19. The van der Waals surface area contributed by atoms with Crippen molar-refractivity contribution in [2.45, 2.75) is 44.3 Å². The van der Waals surface area contributed by atoms with Crippen molar-refractivity contribution in [2.24, 2.45) is 5.92 Å². The molecule has 1 aromatic carbocycles. The van der Waals surface area contributed by atoms with Crippen LogP contribution in [0.1, 0.15) is 43.8 Å². The van der Waals surface area contributed by atoms with Crippen molar-refractivity contribution in [3.8, 4) is 0 Å². The molecule has 0 bridgehead atoms. The molecule has 94 valence electrons. The van der Waals surface area contributed by atoms with Gasteiger partial charge in [-0.1, -0.05) is 49.6 Å². The first-order valence-corrected chi connectivity index (χ1v) is 6.58. The van der Waals surface area contributed by atoms with Gasteiger partial charge in [0, 0.05) is 7.11 Å². The van der Waals surface area contributed by atoms with Crippen LogP contribution < -0.4 is 0 Å². The number of aliphatic hydroxyl groups is 1. The molecule has 0 aromatic heterocycles. The fraction of sp³-hybridized carbons (Fsp3) is 0.600. The Morgan fingerprint density at radius 1 is 1.12 bits per heavy atom. The summed E-state index contributed by atoms with van der Waals surface area (Å²) in [5.41, 5.74) is 1.08. The van der Waals surface area contributed by atoms with E-state index < -0.39 is 0 Å². The summed E-state index contributed by atoms with van der Waals surface area (Å²) < 4.78 is 5.50. The van der Waals surface area contributed by atoms with Crippen molar-refractivity contribution in [3.63, 3.8) is 0 Å². The maximum absolute atomic E-state index is 10.5. The summed E-state index contributed by atoms with van der Waals surface area (Å²) in [6, 6.07) is 10.0. The maximum atomic E-state index is 10.5. The van der Waals surface area contributed by atoms with Crippen LogP contribution in [0.25, 0.3) is 0 Å². The zero-order valence-corrected chi connectivity index (χ0v) is 10.5. The van der Waals surface area contributed by atoms with Crippen LogP contribution in [0.3, 0.4) is 0 Å². The molecule has 0 aliphatic heterocycles. The van der Waals surface area contributed by atoms with Crippen LogP contribution >= 0.6 is 0 Å². The maximum Gasteiger partial charge on any atom is 0.108 e. The topological polar surface area (TPSA) is 29.5 Å². The molecule has 0 spiro atoms. The molecule has 2 atom stereocenters. The zero-order chi connectivity index (χ0) is 12.1. The number of aliphatic hydroxyl groups excluding tert-OH is 1. The largest absolute Gasteiger partial charge is 0.390 e. The lowest BCUT2D eigenvalue weighted by molar-refractivity contribution is -0.0513. The van der Waals surface area contributed by atoms with Gasteiger partial charge >= 0.3 is 0 Å². The monoisotopic (exact) mass is 234 g/mol. The van der Waals surface area contributed by atoms with Crippen molar-refractivity contribution < 1.29 is 9.84 Å². The first-order valence-electron chi connectivity index (χ1n) is 6.58. The molecule has 1 saturated carbocycles. The van der Waals surface area contributed by atoms with E-state index in [0.717, 1.165) is 18.4 Å². The summed E-state index contributed by atoms with van der Waals surface area (Å²) in [5, 5.41) is 10.5. The van der Waals surface area contributed by atoms with Gasteiger partial charge in [-0.15, -0.1) is 0 Å². The van der Waals surface area contributed by atoms with E-state index >= 15 is 0 Å². The Morgan fingerprint density at radius 2 is 1.76 bits per heavy atom. The van der Waals surface area contributed by atoms with Crippen molar-refractivity contribution in [1.29, 1.82) is 0 Å². The molecule has 17 heavy (non-hydrogen) atoms. The van der Waals surface area contributed by atoms with Gasteiger partial charge < -0.3 is 9.84 Å². The molecule has 2 heteroatoms. The standard InChI is InChI=1S/C15H22O2/c1-17-15(13-10-6-3-7-11-13)14(16)12-8-4-2-5-9-12/h3,6-7,10-12,14-16H,2,4-5,8-9H2,1H3/t14-,15-/m1/s1. The second-order valence-corrected chi connectivity index (χ2v) is 4.96. The van der Waals surface area contributed by atoms with Crippen molar-refractivity contribution in [2.75, 3.05) is 7.11 Å². The minimum atomic E-state index is -0.373. The van der Waals surface area contributed by atoms with Crippen molar-refractivity contribution >= 4 is 0 Å². The lowest BCUT2D eigenvalue weighted by Gasteiger charge is -2.31. The van der Waals surface area contributed by atoms with E-state index in [4.69, 9.17) is 4.74 Å². The van der Waals surface area contributed by atoms with E-state index in [-0.39, 0.29) is 12.2 Å². The molecule has 1 aromatic rings. The Bertz CT molecular complexity index is 317. The van der Waals surface area contributed by atoms with Gasteiger partial charge in [0.05, 0.1) is 6.10 Å². The average molecular weight is 234 g/mol. The highest BCUT2D eigenvalue weighted by Gasteiger charge is 2.29.